The highest BCUT2D eigenvalue weighted by atomic mass is 16.3. The van der Waals surface area contributed by atoms with E-state index in [2.05, 4.69) is 33.0 Å². The monoisotopic (exact) mass is 432 g/mol. The molecule has 1 atom stereocenters. The number of carbonyl (C=O) groups is 1. The van der Waals surface area contributed by atoms with Crippen molar-refractivity contribution in [1.82, 2.24) is 10.2 Å². The Labute approximate surface area is 187 Å². The minimum atomic E-state index is -0.960. The highest BCUT2D eigenvalue weighted by Gasteiger charge is 2.21. The number of nitrogens with one attached hydrogen (secondary N) is 4. The molecule has 2 heterocycles. The molecule has 1 saturated heterocycles. The highest BCUT2D eigenvalue weighted by Crippen LogP contribution is 2.30. The normalized spacial score (nSPS) is 19.4. The first kappa shape index (κ1) is 21.7. The molecule has 2 aromatic rings. The molecular formula is C24H28N6O2. The second-order valence-electron chi connectivity index (χ2n) is 8.15. The molecule has 32 heavy (non-hydrogen) atoms. The number of nitrogens with zero attached hydrogens (tertiary/aromatic N) is 2. The van der Waals surface area contributed by atoms with Gasteiger partial charge in [-0.15, -0.1) is 0 Å². The van der Waals surface area contributed by atoms with Crippen LogP contribution in [0.4, 0.5) is 11.4 Å². The molecule has 0 bridgehead atoms. The summed E-state index contributed by atoms with van der Waals surface area (Å²) >= 11 is 0. The topological polar surface area (TPSA) is 113 Å². The fourth-order valence-corrected chi connectivity index (χ4v) is 3.91. The molecule has 0 saturated carbocycles. The molecule has 166 valence electrons. The smallest absolute Gasteiger partial charge is 0.251 e. The third kappa shape index (κ3) is 5.04. The van der Waals surface area contributed by atoms with Crippen LogP contribution in [-0.2, 0) is 0 Å². The Balaban J connectivity index is 1.41. The standard InChI is InChI=1S/C24H28N6O2/c1-30-12-10-19(11-13-30)27-23(31)16-6-8-18(9-7-16)26-15-22(29-25)20-14-17-4-2-3-5-21(17)28-24(20)32/h2-9,14-15,19,24-26,28,32H,10-13H2,1H3,(H,27,31)/b22-15-,29-25?. The van der Waals surface area contributed by atoms with Gasteiger partial charge >= 0.3 is 0 Å². The van der Waals surface area contributed by atoms with Gasteiger partial charge in [0.05, 0.1) is 0 Å². The molecule has 0 radical (unpaired) electrons. The molecule has 0 spiro atoms. The predicted molar refractivity (Wildman–Crippen MR) is 125 cm³/mol. The molecule has 1 amide bonds. The first-order valence-electron chi connectivity index (χ1n) is 10.7. The number of hydrogen-bond acceptors (Lipinski definition) is 7. The van der Waals surface area contributed by atoms with Crippen molar-refractivity contribution in [2.24, 2.45) is 5.11 Å². The van der Waals surface area contributed by atoms with E-state index < -0.39 is 6.23 Å². The molecule has 1 fully saturated rings. The summed E-state index contributed by atoms with van der Waals surface area (Å²) in [5.41, 5.74) is 11.5. The van der Waals surface area contributed by atoms with Crippen molar-refractivity contribution in [1.29, 1.82) is 5.53 Å². The Morgan fingerprint density at radius 1 is 1.19 bits per heavy atom. The minimum Gasteiger partial charge on any atom is -0.369 e. The third-order valence-corrected chi connectivity index (χ3v) is 5.85. The fourth-order valence-electron chi connectivity index (χ4n) is 3.91. The van der Waals surface area contributed by atoms with E-state index in [-0.39, 0.29) is 11.9 Å². The number of aliphatic hydroxyl groups is 1. The van der Waals surface area contributed by atoms with E-state index in [1.807, 2.05) is 30.3 Å². The lowest BCUT2D eigenvalue weighted by molar-refractivity contribution is 0.0917. The van der Waals surface area contributed by atoms with Crippen LogP contribution in [-0.4, -0.2) is 48.3 Å². The van der Waals surface area contributed by atoms with Gasteiger partial charge < -0.3 is 26.0 Å². The van der Waals surface area contributed by atoms with Gasteiger partial charge in [-0.05, 0) is 75.0 Å². The lowest BCUT2D eigenvalue weighted by atomic mass is 10.0. The van der Waals surface area contributed by atoms with Gasteiger partial charge in [-0.25, -0.2) is 5.53 Å². The first-order valence-corrected chi connectivity index (χ1v) is 10.7. The number of benzene rings is 2. The van der Waals surface area contributed by atoms with E-state index in [1.54, 1.807) is 30.5 Å². The van der Waals surface area contributed by atoms with Crippen LogP contribution in [0, 0.1) is 5.53 Å². The SMILES string of the molecule is CN1CCC(NC(=O)c2ccc(N/C=C(\N=N)C3=Cc4ccccc4NC3O)cc2)CC1. The Hall–Kier alpha value is -3.49. The molecule has 0 aliphatic carbocycles. The quantitative estimate of drug-likeness (QED) is 0.448. The van der Waals surface area contributed by atoms with Crippen molar-refractivity contribution in [3.8, 4) is 0 Å². The lowest BCUT2D eigenvalue weighted by Gasteiger charge is -2.29. The average Bonchev–Trinajstić information content (AvgIpc) is 2.81. The number of anilines is 2. The summed E-state index contributed by atoms with van der Waals surface area (Å²) in [6.45, 7) is 1.99. The molecule has 8 heteroatoms. The van der Waals surface area contributed by atoms with Gasteiger partial charge in [0.15, 0.2) is 6.23 Å². The summed E-state index contributed by atoms with van der Waals surface area (Å²) < 4.78 is 0. The van der Waals surface area contributed by atoms with Gasteiger partial charge in [-0.3, -0.25) is 4.79 Å². The van der Waals surface area contributed by atoms with Crippen molar-refractivity contribution in [2.75, 3.05) is 30.8 Å². The Morgan fingerprint density at radius 2 is 1.91 bits per heavy atom. The minimum absolute atomic E-state index is 0.0660. The van der Waals surface area contributed by atoms with Crippen molar-refractivity contribution in [3.63, 3.8) is 0 Å². The number of aliphatic hydroxyl groups excluding tert-OH is 1. The zero-order valence-electron chi connectivity index (χ0n) is 18.0. The number of hydrogen-bond donors (Lipinski definition) is 5. The third-order valence-electron chi connectivity index (χ3n) is 5.85. The second-order valence-corrected chi connectivity index (χ2v) is 8.15. The van der Waals surface area contributed by atoms with Crippen LogP contribution >= 0.6 is 0 Å². The van der Waals surface area contributed by atoms with Crippen molar-refractivity contribution < 1.29 is 9.90 Å². The average molecular weight is 433 g/mol. The lowest BCUT2D eigenvalue weighted by Crippen LogP contribution is -2.43. The number of piperidine rings is 1. The first-order chi connectivity index (χ1) is 15.5. The maximum atomic E-state index is 12.5. The van der Waals surface area contributed by atoms with E-state index >= 15 is 0 Å². The molecular weight excluding hydrogens is 404 g/mol. The molecule has 8 nitrogen and oxygen atoms in total. The number of para-hydroxylation sites is 1. The summed E-state index contributed by atoms with van der Waals surface area (Å²) in [6.07, 6.45) is 4.36. The van der Waals surface area contributed by atoms with Gasteiger partial charge in [-0.1, -0.05) is 18.2 Å². The van der Waals surface area contributed by atoms with Gasteiger partial charge in [0, 0.05) is 34.8 Å². The largest absolute Gasteiger partial charge is 0.369 e. The van der Waals surface area contributed by atoms with Crippen LogP contribution in [0.2, 0.25) is 0 Å². The van der Waals surface area contributed by atoms with Crippen molar-refractivity contribution >= 4 is 23.4 Å². The highest BCUT2D eigenvalue weighted by molar-refractivity contribution is 5.94. The molecule has 2 aromatic carbocycles. The van der Waals surface area contributed by atoms with Gasteiger partial charge in [-0.2, -0.15) is 5.11 Å². The van der Waals surface area contributed by atoms with Gasteiger partial charge in [0.2, 0.25) is 0 Å². The summed E-state index contributed by atoms with van der Waals surface area (Å²) in [5, 5.41) is 23.2. The number of amides is 1. The molecule has 2 aliphatic heterocycles. The molecule has 5 N–H and O–H groups in total. The van der Waals surface area contributed by atoms with E-state index in [9.17, 15) is 9.90 Å². The Morgan fingerprint density at radius 3 is 2.62 bits per heavy atom. The van der Waals surface area contributed by atoms with Crippen molar-refractivity contribution in [2.45, 2.75) is 25.1 Å². The van der Waals surface area contributed by atoms with E-state index in [1.165, 1.54) is 0 Å². The number of fused-ring (bicyclic) bond motifs is 1. The van der Waals surface area contributed by atoms with Crippen LogP contribution in [0.5, 0.6) is 0 Å². The van der Waals surface area contributed by atoms with Crippen LogP contribution in [0.15, 0.2) is 71.1 Å². The van der Waals surface area contributed by atoms with E-state index in [4.69, 9.17) is 5.53 Å². The zero-order chi connectivity index (χ0) is 22.5. The van der Waals surface area contributed by atoms with Gasteiger partial charge in [0.25, 0.3) is 5.91 Å². The van der Waals surface area contributed by atoms with Crippen LogP contribution in [0.25, 0.3) is 6.08 Å². The van der Waals surface area contributed by atoms with E-state index in [0.29, 0.717) is 16.8 Å². The van der Waals surface area contributed by atoms with Crippen LogP contribution in [0.1, 0.15) is 28.8 Å². The number of likely N-dealkylation sites (tertiary alicyclic amines) is 1. The Kier molecular flexibility index (Phi) is 6.63. The van der Waals surface area contributed by atoms with Crippen LogP contribution in [0.3, 0.4) is 0 Å². The maximum Gasteiger partial charge on any atom is 0.251 e. The Bertz CT molecular complexity index is 1040. The maximum absolute atomic E-state index is 12.5. The molecule has 1 unspecified atom stereocenters. The zero-order valence-corrected chi connectivity index (χ0v) is 18.0. The van der Waals surface area contributed by atoms with Crippen LogP contribution < -0.4 is 16.0 Å². The fraction of sp³-hybridized carbons (Fsp3) is 0.292. The summed E-state index contributed by atoms with van der Waals surface area (Å²) in [7, 11) is 2.10. The summed E-state index contributed by atoms with van der Waals surface area (Å²) in [4.78, 5) is 14.8. The van der Waals surface area contributed by atoms with E-state index in [0.717, 1.165) is 42.9 Å². The van der Waals surface area contributed by atoms with Gasteiger partial charge in [0.1, 0.15) is 5.70 Å². The summed E-state index contributed by atoms with van der Waals surface area (Å²) in [5.74, 6) is -0.0660. The number of rotatable bonds is 6. The predicted octanol–water partition coefficient (Wildman–Crippen LogP) is 3.62. The molecule has 0 aromatic heterocycles. The molecule has 4 rings (SSSR count). The summed E-state index contributed by atoms with van der Waals surface area (Å²) in [6, 6.07) is 15.0. The van der Waals surface area contributed by atoms with Crippen molar-refractivity contribution in [3.05, 3.63) is 77.1 Å². The second kappa shape index (κ2) is 9.76. The number of carbonyl (C=O) groups excluding carboxylic acids is 1. The molecule has 2 aliphatic rings.